The van der Waals surface area contributed by atoms with Crippen molar-refractivity contribution < 1.29 is 17.9 Å². The van der Waals surface area contributed by atoms with Crippen molar-refractivity contribution in [2.24, 2.45) is 5.73 Å². The molecule has 0 spiro atoms. The largest absolute Gasteiger partial charge is 0.497 e. The van der Waals surface area contributed by atoms with Crippen LogP contribution in [0.1, 0.15) is 22.7 Å². The number of ether oxygens (including phenoxy) is 1. The van der Waals surface area contributed by atoms with E-state index in [1.807, 2.05) is 6.07 Å². The number of hydrogen-bond donors (Lipinski definition) is 1. The van der Waals surface area contributed by atoms with Crippen LogP contribution in [0.4, 0.5) is 13.2 Å². The summed E-state index contributed by atoms with van der Waals surface area (Å²) in [6.07, 6.45) is -4.43. The van der Waals surface area contributed by atoms with E-state index in [4.69, 9.17) is 10.5 Å². The van der Waals surface area contributed by atoms with E-state index >= 15 is 0 Å². The normalized spacial score (nSPS) is 13.1. The van der Waals surface area contributed by atoms with Gasteiger partial charge in [0.1, 0.15) is 5.75 Å². The second-order valence-corrected chi connectivity index (χ2v) is 4.38. The fourth-order valence-corrected chi connectivity index (χ4v) is 1.94. The average Bonchev–Trinajstić information content (AvgIpc) is 2.46. The van der Waals surface area contributed by atoms with Gasteiger partial charge < -0.3 is 10.5 Å². The first-order valence-electron chi connectivity index (χ1n) is 5.98. The van der Waals surface area contributed by atoms with Crippen LogP contribution in [0.15, 0.2) is 48.5 Å². The minimum atomic E-state index is -4.43. The van der Waals surface area contributed by atoms with E-state index in [1.165, 1.54) is 13.2 Å². The maximum Gasteiger partial charge on any atom is 0.416 e. The highest BCUT2D eigenvalue weighted by Crippen LogP contribution is 2.34. The summed E-state index contributed by atoms with van der Waals surface area (Å²) in [5.74, 6) is 0.140. The van der Waals surface area contributed by atoms with Gasteiger partial charge in [0.05, 0.1) is 18.7 Å². The van der Waals surface area contributed by atoms with E-state index in [-0.39, 0.29) is 5.75 Å². The number of rotatable bonds is 3. The number of benzene rings is 2. The topological polar surface area (TPSA) is 35.2 Å². The van der Waals surface area contributed by atoms with Gasteiger partial charge in [-0.25, -0.2) is 0 Å². The van der Waals surface area contributed by atoms with Crippen LogP contribution < -0.4 is 10.5 Å². The third-order valence-corrected chi connectivity index (χ3v) is 3.01. The van der Waals surface area contributed by atoms with Crippen LogP contribution in [0.3, 0.4) is 0 Å². The summed E-state index contributed by atoms with van der Waals surface area (Å²) in [5.41, 5.74) is 6.37. The van der Waals surface area contributed by atoms with E-state index < -0.39 is 17.8 Å². The zero-order valence-corrected chi connectivity index (χ0v) is 10.8. The molecule has 106 valence electrons. The van der Waals surface area contributed by atoms with Gasteiger partial charge in [0.25, 0.3) is 0 Å². The average molecular weight is 281 g/mol. The van der Waals surface area contributed by atoms with Crippen molar-refractivity contribution in [2.75, 3.05) is 7.11 Å². The Morgan fingerprint density at radius 3 is 2.20 bits per heavy atom. The molecule has 2 nitrogen and oxygen atoms in total. The molecule has 0 aliphatic carbocycles. The first-order valence-corrected chi connectivity index (χ1v) is 5.98. The quantitative estimate of drug-likeness (QED) is 0.929. The van der Waals surface area contributed by atoms with Crippen molar-refractivity contribution in [2.45, 2.75) is 12.2 Å². The SMILES string of the molecule is COc1cc(C(N)c2ccccc2)cc(C(F)(F)F)c1. The van der Waals surface area contributed by atoms with Crippen molar-refractivity contribution in [1.29, 1.82) is 0 Å². The van der Waals surface area contributed by atoms with E-state index in [1.54, 1.807) is 24.3 Å². The molecular weight excluding hydrogens is 267 g/mol. The Morgan fingerprint density at radius 2 is 1.65 bits per heavy atom. The number of methoxy groups -OCH3 is 1. The number of halogens is 3. The van der Waals surface area contributed by atoms with Gasteiger partial charge in [0.2, 0.25) is 0 Å². The second kappa shape index (κ2) is 5.54. The van der Waals surface area contributed by atoms with Crippen molar-refractivity contribution in [3.05, 3.63) is 65.2 Å². The number of hydrogen-bond acceptors (Lipinski definition) is 2. The smallest absolute Gasteiger partial charge is 0.416 e. The van der Waals surface area contributed by atoms with Crippen LogP contribution in [-0.2, 0) is 6.18 Å². The maximum atomic E-state index is 12.9. The van der Waals surface area contributed by atoms with Crippen LogP contribution in [0.25, 0.3) is 0 Å². The van der Waals surface area contributed by atoms with Gasteiger partial charge >= 0.3 is 6.18 Å². The number of alkyl halides is 3. The summed E-state index contributed by atoms with van der Waals surface area (Å²) < 4.78 is 43.5. The van der Waals surface area contributed by atoms with Gasteiger partial charge in [-0.2, -0.15) is 13.2 Å². The van der Waals surface area contributed by atoms with E-state index in [9.17, 15) is 13.2 Å². The van der Waals surface area contributed by atoms with Crippen LogP contribution in [0, 0.1) is 0 Å². The molecule has 2 rings (SSSR count). The molecule has 0 saturated heterocycles. The fraction of sp³-hybridized carbons (Fsp3) is 0.200. The molecule has 0 fully saturated rings. The van der Waals surface area contributed by atoms with E-state index in [0.717, 1.165) is 17.7 Å². The van der Waals surface area contributed by atoms with Crippen molar-refractivity contribution in [3.8, 4) is 5.75 Å². The van der Waals surface area contributed by atoms with Crippen molar-refractivity contribution in [3.63, 3.8) is 0 Å². The maximum absolute atomic E-state index is 12.9. The molecule has 2 aromatic carbocycles. The van der Waals surface area contributed by atoms with Gasteiger partial charge in [-0.05, 0) is 29.3 Å². The molecular formula is C15H14F3NO. The third-order valence-electron chi connectivity index (χ3n) is 3.01. The summed E-state index contributed by atoms with van der Waals surface area (Å²) in [6, 6.07) is 11.9. The third kappa shape index (κ3) is 3.11. The molecule has 1 unspecified atom stereocenters. The Balaban J connectivity index is 2.46. The lowest BCUT2D eigenvalue weighted by Gasteiger charge is -2.16. The van der Waals surface area contributed by atoms with Crippen LogP contribution >= 0.6 is 0 Å². The lowest BCUT2D eigenvalue weighted by molar-refractivity contribution is -0.137. The van der Waals surface area contributed by atoms with E-state index in [2.05, 4.69) is 0 Å². The van der Waals surface area contributed by atoms with Crippen molar-refractivity contribution >= 4 is 0 Å². The lowest BCUT2D eigenvalue weighted by atomic mass is 9.97. The molecule has 5 heteroatoms. The molecule has 0 aliphatic rings. The molecule has 0 saturated carbocycles. The second-order valence-electron chi connectivity index (χ2n) is 4.38. The fourth-order valence-electron chi connectivity index (χ4n) is 1.94. The molecule has 0 radical (unpaired) electrons. The molecule has 0 bridgehead atoms. The zero-order chi connectivity index (χ0) is 14.8. The Labute approximate surface area is 115 Å². The summed E-state index contributed by atoms with van der Waals surface area (Å²) in [4.78, 5) is 0. The van der Waals surface area contributed by atoms with Gasteiger partial charge in [-0.1, -0.05) is 30.3 Å². The Hall–Kier alpha value is -2.01. The Kier molecular flexibility index (Phi) is 3.99. The number of nitrogens with two attached hydrogens (primary N) is 1. The highest BCUT2D eigenvalue weighted by Gasteiger charge is 2.32. The molecule has 0 heterocycles. The van der Waals surface area contributed by atoms with Gasteiger partial charge in [-0.15, -0.1) is 0 Å². The molecule has 2 aromatic rings. The summed E-state index contributed by atoms with van der Waals surface area (Å²) >= 11 is 0. The minimum absolute atomic E-state index is 0.140. The minimum Gasteiger partial charge on any atom is -0.497 e. The van der Waals surface area contributed by atoms with Crippen LogP contribution in [0.5, 0.6) is 5.75 Å². The van der Waals surface area contributed by atoms with Gasteiger partial charge in [0, 0.05) is 0 Å². The standard InChI is InChI=1S/C15H14F3NO/c1-20-13-8-11(7-12(9-13)15(16,17)18)14(19)10-5-3-2-4-6-10/h2-9,14H,19H2,1H3. The lowest BCUT2D eigenvalue weighted by Crippen LogP contribution is -2.14. The molecule has 20 heavy (non-hydrogen) atoms. The molecule has 2 N–H and O–H groups in total. The Bertz CT molecular complexity index is 581. The first-order chi connectivity index (χ1) is 9.41. The highest BCUT2D eigenvalue weighted by molar-refractivity contribution is 5.41. The summed E-state index contributed by atoms with van der Waals surface area (Å²) in [7, 11) is 1.33. The zero-order valence-electron chi connectivity index (χ0n) is 10.8. The summed E-state index contributed by atoms with van der Waals surface area (Å²) in [6.45, 7) is 0. The van der Waals surface area contributed by atoms with Gasteiger partial charge in [0.15, 0.2) is 0 Å². The monoisotopic (exact) mass is 281 g/mol. The van der Waals surface area contributed by atoms with Crippen LogP contribution in [0.2, 0.25) is 0 Å². The van der Waals surface area contributed by atoms with E-state index in [0.29, 0.717) is 5.56 Å². The highest BCUT2D eigenvalue weighted by atomic mass is 19.4. The Morgan fingerprint density at radius 1 is 1.00 bits per heavy atom. The first kappa shape index (κ1) is 14.4. The molecule has 0 aromatic heterocycles. The molecule has 0 amide bonds. The predicted octanol–water partition coefficient (Wildman–Crippen LogP) is 3.76. The molecule has 0 aliphatic heterocycles. The van der Waals surface area contributed by atoms with Crippen LogP contribution in [-0.4, -0.2) is 7.11 Å². The van der Waals surface area contributed by atoms with Gasteiger partial charge in [-0.3, -0.25) is 0 Å². The van der Waals surface area contributed by atoms with Crippen molar-refractivity contribution in [1.82, 2.24) is 0 Å². The molecule has 1 atom stereocenters. The predicted molar refractivity (Wildman–Crippen MR) is 70.5 cm³/mol. The summed E-state index contributed by atoms with van der Waals surface area (Å²) in [5, 5.41) is 0.